The van der Waals surface area contributed by atoms with E-state index >= 15 is 0 Å². The number of hydrogen-bond donors (Lipinski definition) is 2. The summed E-state index contributed by atoms with van der Waals surface area (Å²) in [5.74, 6) is 0.899. The zero-order valence-electron chi connectivity index (χ0n) is 9.41. The van der Waals surface area contributed by atoms with Gasteiger partial charge in [0.2, 0.25) is 0 Å². The van der Waals surface area contributed by atoms with Gasteiger partial charge in [-0.15, -0.1) is 12.4 Å². The number of rotatable bonds is 3. The molecule has 0 aliphatic carbocycles. The average molecular weight is 231 g/mol. The molecule has 15 heavy (non-hydrogen) atoms. The van der Waals surface area contributed by atoms with Crippen LogP contribution in [0.5, 0.6) is 5.75 Å². The van der Waals surface area contributed by atoms with E-state index in [9.17, 15) is 0 Å². The fourth-order valence-corrected chi connectivity index (χ4v) is 1.56. The van der Waals surface area contributed by atoms with Crippen LogP contribution < -0.4 is 16.2 Å². The van der Waals surface area contributed by atoms with Crippen LogP contribution in [0.4, 0.5) is 0 Å². The Labute approximate surface area is 97.2 Å². The molecule has 3 nitrogen and oxygen atoms in total. The number of methoxy groups -OCH3 is 1. The Kier molecular flexibility index (Phi) is 5.65. The third kappa shape index (κ3) is 3.09. The summed E-state index contributed by atoms with van der Waals surface area (Å²) in [6.45, 7) is 4.49. The van der Waals surface area contributed by atoms with Gasteiger partial charge in [0.05, 0.1) is 7.11 Å². The zero-order chi connectivity index (χ0) is 10.7. The summed E-state index contributed by atoms with van der Waals surface area (Å²) in [7, 11) is 1.67. The molecule has 1 atom stereocenters. The summed E-state index contributed by atoms with van der Waals surface area (Å²) in [4.78, 5) is 0. The highest BCUT2D eigenvalue weighted by Gasteiger charge is 2.09. The van der Waals surface area contributed by atoms with Crippen LogP contribution >= 0.6 is 12.4 Å². The van der Waals surface area contributed by atoms with Gasteiger partial charge in [-0.25, -0.2) is 0 Å². The van der Waals surface area contributed by atoms with E-state index in [-0.39, 0.29) is 18.4 Å². The first-order valence-electron chi connectivity index (χ1n) is 4.71. The van der Waals surface area contributed by atoms with Crippen molar-refractivity contribution in [3.05, 3.63) is 28.8 Å². The molecule has 0 saturated heterocycles. The van der Waals surface area contributed by atoms with E-state index in [0.717, 1.165) is 22.4 Å². The SMILES string of the molecule is COc1cc(C)c([C@H](N)CN)cc1C.Cl. The molecule has 4 N–H and O–H groups in total. The normalized spacial score (nSPS) is 11.8. The van der Waals surface area contributed by atoms with Gasteiger partial charge in [-0.05, 0) is 36.6 Å². The monoisotopic (exact) mass is 230 g/mol. The quantitative estimate of drug-likeness (QED) is 0.831. The van der Waals surface area contributed by atoms with Crippen molar-refractivity contribution < 1.29 is 4.74 Å². The van der Waals surface area contributed by atoms with Gasteiger partial charge in [0.25, 0.3) is 0 Å². The molecule has 0 bridgehead atoms. The van der Waals surface area contributed by atoms with Crippen molar-refractivity contribution in [2.75, 3.05) is 13.7 Å². The van der Waals surface area contributed by atoms with E-state index in [1.807, 2.05) is 26.0 Å². The third-order valence-corrected chi connectivity index (χ3v) is 2.44. The molecule has 1 aromatic rings. The molecule has 0 spiro atoms. The second kappa shape index (κ2) is 5.95. The molecular formula is C11H19ClN2O. The molecule has 0 aliphatic heterocycles. The Morgan fingerprint density at radius 3 is 2.33 bits per heavy atom. The van der Waals surface area contributed by atoms with E-state index in [1.54, 1.807) is 7.11 Å². The van der Waals surface area contributed by atoms with Gasteiger partial charge in [0.15, 0.2) is 0 Å². The van der Waals surface area contributed by atoms with Gasteiger partial charge < -0.3 is 16.2 Å². The highest BCUT2D eigenvalue weighted by atomic mass is 35.5. The number of halogens is 1. The van der Waals surface area contributed by atoms with Crippen LogP contribution in [0, 0.1) is 13.8 Å². The second-order valence-corrected chi connectivity index (χ2v) is 3.52. The van der Waals surface area contributed by atoms with Crippen molar-refractivity contribution in [1.29, 1.82) is 0 Å². The van der Waals surface area contributed by atoms with Crippen molar-refractivity contribution in [3.63, 3.8) is 0 Å². The molecule has 1 aromatic carbocycles. The molecule has 0 saturated carbocycles. The molecule has 0 heterocycles. The maximum atomic E-state index is 5.89. The Morgan fingerprint density at radius 1 is 1.27 bits per heavy atom. The predicted octanol–water partition coefficient (Wildman–Crippen LogP) is 1.69. The van der Waals surface area contributed by atoms with E-state index in [2.05, 4.69) is 0 Å². The number of nitrogens with two attached hydrogens (primary N) is 2. The van der Waals surface area contributed by atoms with E-state index in [0.29, 0.717) is 6.54 Å². The smallest absolute Gasteiger partial charge is 0.122 e. The highest BCUT2D eigenvalue weighted by molar-refractivity contribution is 5.85. The zero-order valence-corrected chi connectivity index (χ0v) is 10.2. The first-order valence-corrected chi connectivity index (χ1v) is 4.71. The standard InChI is InChI=1S/C11H18N2O.ClH/c1-7-5-11(14-3)8(2)4-9(7)10(13)6-12;/h4-5,10H,6,12-13H2,1-3H3;1H/t10-;/m1./s1. The lowest BCUT2D eigenvalue weighted by Gasteiger charge is -2.15. The summed E-state index contributed by atoms with van der Waals surface area (Å²) in [5.41, 5.74) is 14.8. The van der Waals surface area contributed by atoms with Crippen LogP contribution in [0.1, 0.15) is 22.7 Å². The van der Waals surface area contributed by atoms with Gasteiger partial charge >= 0.3 is 0 Å². The number of benzene rings is 1. The fraction of sp³-hybridized carbons (Fsp3) is 0.455. The van der Waals surface area contributed by atoms with Crippen LogP contribution in [0.15, 0.2) is 12.1 Å². The molecule has 1 rings (SSSR count). The lowest BCUT2D eigenvalue weighted by molar-refractivity contribution is 0.411. The van der Waals surface area contributed by atoms with Crippen LogP contribution in [-0.2, 0) is 0 Å². The molecule has 4 heteroatoms. The summed E-state index contributed by atoms with van der Waals surface area (Å²) < 4.78 is 5.22. The van der Waals surface area contributed by atoms with Crippen LogP contribution in [0.3, 0.4) is 0 Å². The Hall–Kier alpha value is -0.770. The van der Waals surface area contributed by atoms with Crippen molar-refractivity contribution in [2.24, 2.45) is 11.5 Å². The average Bonchev–Trinajstić information content (AvgIpc) is 2.19. The molecule has 0 radical (unpaired) electrons. The first-order chi connectivity index (χ1) is 6.60. The van der Waals surface area contributed by atoms with Crippen molar-refractivity contribution in [1.82, 2.24) is 0 Å². The van der Waals surface area contributed by atoms with E-state index in [4.69, 9.17) is 16.2 Å². The van der Waals surface area contributed by atoms with Gasteiger partial charge in [0.1, 0.15) is 5.75 Å². The molecule has 0 aliphatic rings. The van der Waals surface area contributed by atoms with Crippen molar-refractivity contribution in [3.8, 4) is 5.75 Å². The highest BCUT2D eigenvalue weighted by Crippen LogP contribution is 2.25. The van der Waals surface area contributed by atoms with Gasteiger partial charge in [0, 0.05) is 12.6 Å². The summed E-state index contributed by atoms with van der Waals surface area (Å²) in [6.07, 6.45) is 0. The lowest BCUT2D eigenvalue weighted by Crippen LogP contribution is -2.21. The van der Waals surface area contributed by atoms with Gasteiger partial charge in [-0.1, -0.05) is 6.07 Å². The lowest BCUT2D eigenvalue weighted by atomic mass is 9.99. The molecule has 0 amide bonds. The Balaban J connectivity index is 0.00000196. The topological polar surface area (TPSA) is 61.3 Å². The number of ether oxygens (including phenoxy) is 1. The molecule has 86 valence electrons. The summed E-state index contributed by atoms with van der Waals surface area (Å²) in [5, 5.41) is 0. The Morgan fingerprint density at radius 2 is 1.87 bits per heavy atom. The molecule has 0 unspecified atom stereocenters. The third-order valence-electron chi connectivity index (χ3n) is 2.44. The van der Waals surface area contributed by atoms with Crippen molar-refractivity contribution >= 4 is 12.4 Å². The minimum atomic E-state index is -0.0837. The number of aryl methyl sites for hydroxylation is 2. The van der Waals surface area contributed by atoms with E-state index in [1.165, 1.54) is 0 Å². The summed E-state index contributed by atoms with van der Waals surface area (Å²) >= 11 is 0. The minimum absolute atomic E-state index is 0. The first kappa shape index (κ1) is 14.2. The predicted molar refractivity (Wildman–Crippen MR) is 65.7 cm³/mol. The molecular weight excluding hydrogens is 212 g/mol. The maximum absolute atomic E-state index is 5.89. The van der Waals surface area contributed by atoms with Crippen LogP contribution in [-0.4, -0.2) is 13.7 Å². The largest absolute Gasteiger partial charge is 0.496 e. The van der Waals surface area contributed by atoms with Gasteiger partial charge in [-0.3, -0.25) is 0 Å². The van der Waals surface area contributed by atoms with Crippen LogP contribution in [0.25, 0.3) is 0 Å². The number of hydrogen-bond acceptors (Lipinski definition) is 3. The van der Waals surface area contributed by atoms with Gasteiger partial charge in [-0.2, -0.15) is 0 Å². The van der Waals surface area contributed by atoms with Crippen molar-refractivity contribution in [2.45, 2.75) is 19.9 Å². The second-order valence-electron chi connectivity index (χ2n) is 3.52. The molecule has 0 aromatic heterocycles. The summed E-state index contributed by atoms with van der Waals surface area (Å²) in [6, 6.07) is 3.96. The van der Waals surface area contributed by atoms with E-state index < -0.39 is 0 Å². The maximum Gasteiger partial charge on any atom is 0.122 e. The minimum Gasteiger partial charge on any atom is -0.496 e. The fourth-order valence-electron chi connectivity index (χ4n) is 1.56. The Bertz CT molecular complexity index is 329. The van der Waals surface area contributed by atoms with Crippen LogP contribution in [0.2, 0.25) is 0 Å². The molecule has 0 fully saturated rings.